The van der Waals surface area contributed by atoms with Crippen molar-refractivity contribution < 1.29 is 4.79 Å². The average molecular weight is 154 g/mol. The highest BCUT2D eigenvalue weighted by molar-refractivity contribution is 5.93. The number of hydrogen-bond acceptors (Lipinski definition) is 2. The molecule has 62 valence electrons. The Morgan fingerprint density at radius 1 is 1.36 bits per heavy atom. The first kappa shape index (κ1) is 8.27. The van der Waals surface area contributed by atoms with Gasteiger partial charge in [-0.3, -0.25) is 4.79 Å². The smallest absolute Gasteiger partial charge is 0.245 e. The molecule has 0 bridgehead atoms. The second-order valence-electron chi connectivity index (χ2n) is 3.21. The third-order valence-corrected chi connectivity index (χ3v) is 2.39. The number of carbonyl (C=O) groups excluding carboxylic acids is 1. The van der Waals surface area contributed by atoms with Crippen molar-refractivity contribution in [2.75, 3.05) is 0 Å². The Morgan fingerprint density at radius 2 is 1.82 bits per heavy atom. The predicted molar refractivity (Wildman–Crippen MR) is 43.7 cm³/mol. The molecule has 0 unspecified atom stereocenters. The molecule has 3 nitrogen and oxygen atoms in total. The van der Waals surface area contributed by atoms with Crippen LogP contribution >= 0.6 is 0 Å². The zero-order valence-electron chi connectivity index (χ0n) is 6.60. The maximum atomic E-state index is 10.7. The van der Waals surface area contributed by atoms with Gasteiger partial charge < -0.3 is 11.5 Å². The largest absolute Gasteiger partial charge is 0.366 e. The monoisotopic (exact) mass is 154 g/mol. The fourth-order valence-electron chi connectivity index (χ4n) is 1.55. The number of nitrogens with two attached hydrogens (primary N) is 2. The van der Waals surface area contributed by atoms with Gasteiger partial charge in [0.2, 0.25) is 5.91 Å². The molecule has 0 aliphatic heterocycles. The number of carbonyl (C=O) groups is 1. The SMILES string of the molecule is C=C(C(N)=O)C1(N)CCCC1. The van der Waals surface area contributed by atoms with Crippen LogP contribution in [0.4, 0.5) is 0 Å². The molecule has 1 aliphatic rings. The molecule has 0 aromatic carbocycles. The normalized spacial score (nSPS) is 21.5. The molecule has 1 aliphatic carbocycles. The summed E-state index contributed by atoms with van der Waals surface area (Å²) < 4.78 is 0. The lowest BCUT2D eigenvalue weighted by Crippen LogP contribution is -2.43. The Balaban J connectivity index is 2.71. The van der Waals surface area contributed by atoms with Crippen molar-refractivity contribution in [2.24, 2.45) is 11.5 Å². The van der Waals surface area contributed by atoms with Gasteiger partial charge in [-0.15, -0.1) is 0 Å². The molecule has 0 atom stereocenters. The Morgan fingerprint density at radius 3 is 2.18 bits per heavy atom. The summed E-state index contributed by atoms with van der Waals surface area (Å²) in [7, 11) is 0. The third-order valence-electron chi connectivity index (χ3n) is 2.39. The summed E-state index contributed by atoms with van der Waals surface area (Å²) in [6.07, 6.45) is 3.83. The lowest BCUT2D eigenvalue weighted by molar-refractivity contribution is -0.115. The number of primary amides is 1. The molecule has 0 heterocycles. The second-order valence-corrected chi connectivity index (χ2v) is 3.21. The Hall–Kier alpha value is -0.830. The molecular weight excluding hydrogens is 140 g/mol. The highest BCUT2D eigenvalue weighted by Gasteiger charge is 2.34. The molecule has 4 N–H and O–H groups in total. The van der Waals surface area contributed by atoms with Gasteiger partial charge in [-0.05, 0) is 12.8 Å². The van der Waals surface area contributed by atoms with Crippen molar-refractivity contribution in [1.82, 2.24) is 0 Å². The summed E-state index contributed by atoms with van der Waals surface area (Å²) in [5.74, 6) is -0.464. The van der Waals surface area contributed by atoms with Crippen LogP contribution in [0.2, 0.25) is 0 Å². The molecule has 1 amide bonds. The quantitative estimate of drug-likeness (QED) is 0.561. The first-order valence-corrected chi connectivity index (χ1v) is 3.84. The Bertz CT molecular complexity index is 192. The minimum absolute atomic E-state index is 0.384. The fourth-order valence-corrected chi connectivity index (χ4v) is 1.55. The summed E-state index contributed by atoms with van der Waals surface area (Å²) in [6, 6.07) is 0. The first-order chi connectivity index (χ1) is 5.06. The highest BCUT2D eigenvalue weighted by atomic mass is 16.1. The van der Waals surface area contributed by atoms with Crippen LogP contribution in [0, 0.1) is 0 Å². The topological polar surface area (TPSA) is 69.1 Å². The summed E-state index contributed by atoms with van der Waals surface area (Å²) in [5.41, 5.74) is 10.9. The molecule has 11 heavy (non-hydrogen) atoms. The summed E-state index contributed by atoms with van der Waals surface area (Å²) in [4.78, 5) is 10.7. The van der Waals surface area contributed by atoms with Crippen LogP contribution in [0.1, 0.15) is 25.7 Å². The first-order valence-electron chi connectivity index (χ1n) is 3.84. The lowest BCUT2D eigenvalue weighted by atomic mass is 9.90. The van der Waals surface area contributed by atoms with E-state index in [4.69, 9.17) is 11.5 Å². The number of rotatable bonds is 2. The van der Waals surface area contributed by atoms with E-state index in [-0.39, 0.29) is 0 Å². The lowest BCUT2D eigenvalue weighted by Gasteiger charge is -2.23. The minimum Gasteiger partial charge on any atom is -0.366 e. The van der Waals surface area contributed by atoms with Crippen LogP contribution in [0.15, 0.2) is 12.2 Å². The van der Waals surface area contributed by atoms with E-state index in [1.165, 1.54) is 0 Å². The summed E-state index contributed by atoms with van der Waals surface area (Å²) >= 11 is 0. The van der Waals surface area contributed by atoms with Crippen LogP contribution in [-0.4, -0.2) is 11.4 Å². The third kappa shape index (κ3) is 1.43. The summed E-state index contributed by atoms with van der Waals surface area (Å²) in [5, 5.41) is 0. The van der Waals surface area contributed by atoms with Gasteiger partial charge in [-0.1, -0.05) is 19.4 Å². The van der Waals surface area contributed by atoms with Crippen molar-refractivity contribution >= 4 is 5.91 Å². The molecule has 1 saturated carbocycles. The maximum Gasteiger partial charge on any atom is 0.245 e. The van der Waals surface area contributed by atoms with Gasteiger partial charge in [0, 0.05) is 11.1 Å². The van der Waals surface area contributed by atoms with E-state index in [1.807, 2.05) is 0 Å². The van der Waals surface area contributed by atoms with Crippen molar-refractivity contribution in [3.63, 3.8) is 0 Å². The molecule has 3 heteroatoms. The fraction of sp³-hybridized carbons (Fsp3) is 0.625. The van der Waals surface area contributed by atoms with Crippen molar-refractivity contribution in [3.8, 4) is 0 Å². The standard InChI is InChI=1S/C8H14N2O/c1-6(7(9)11)8(10)4-2-3-5-8/h1-5,10H2,(H2,9,11). The molecular formula is C8H14N2O. The predicted octanol–water partition coefficient (Wildman–Crippen LogP) is 0.299. The molecule has 0 radical (unpaired) electrons. The van der Waals surface area contributed by atoms with Crippen molar-refractivity contribution in [1.29, 1.82) is 0 Å². The van der Waals surface area contributed by atoms with Gasteiger partial charge >= 0.3 is 0 Å². The molecule has 0 aromatic rings. The van der Waals surface area contributed by atoms with Gasteiger partial charge in [0.15, 0.2) is 0 Å². The Labute approximate surface area is 66.4 Å². The number of hydrogen-bond donors (Lipinski definition) is 2. The van der Waals surface area contributed by atoms with E-state index in [0.717, 1.165) is 25.7 Å². The van der Waals surface area contributed by atoms with Crippen LogP contribution in [0.25, 0.3) is 0 Å². The van der Waals surface area contributed by atoms with Crippen LogP contribution in [-0.2, 0) is 4.79 Å². The van der Waals surface area contributed by atoms with E-state index in [0.29, 0.717) is 5.57 Å². The van der Waals surface area contributed by atoms with E-state index < -0.39 is 11.4 Å². The van der Waals surface area contributed by atoms with Crippen LogP contribution in [0.5, 0.6) is 0 Å². The molecule has 0 saturated heterocycles. The van der Waals surface area contributed by atoms with Gasteiger partial charge in [-0.25, -0.2) is 0 Å². The minimum atomic E-state index is -0.494. The second kappa shape index (κ2) is 2.66. The average Bonchev–Trinajstić information content (AvgIpc) is 2.35. The molecule has 1 rings (SSSR count). The van der Waals surface area contributed by atoms with E-state index >= 15 is 0 Å². The van der Waals surface area contributed by atoms with Crippen molar-refractivity contribution in [3.05, 3.63) is 12.2 Å². The van der Waals surface area contributed by atoms with E-state index in [9.17, 15) is 4.79 Å². The van der Waals surface area contributed by atoms with Gasteiger partial charge in [-0.2, -0.15) is 0 Å². The van der Waals surface area contributed by atoms with Crippen LogP contribution < -0.4 is 11.5 Å². The van der Waals surface area contributed by atoms with Gasteiger partial charge in [0.05, 0.1) is 0 Å². The zero-order valence-corrected chi connectivity index (χ0v) is 6.60. The maximum absolute atomic E-state index is 10.7. The molecule has 0 aromatic heterocycles. The van der Waals surface area contributed by atoms with Gasteiger partial charge in [0.1, 0.15) is 0 Å². The van der Waals surface area contributed by atoms with E-state index in [1.54, 1.807) is 0 Å². The summed E-state index contributed by atoms with van der Waals surface area (Å²) in [6.45, 7) is 3.61. The van der Waals surface area contributed by atoms with Crippen molar-refractivity contribution in [2.45, 2.75) is 31.2 Å². The Kier molecular flexibility index (Phi) is 2.00. The molecule has 0 spiro atoms. The molecule has 1 fully saturated rings. The van der Waals surface area contributed by atoms with E-state index in [2.05, 4.69) is 6.58 Å². The van der Waals surface area contributed by atoms with Gasteiger partial charge in [0.25, 0.3) is 0 Å². The zero-order chi connectivity index (χ0) is 8.48. The highest BCUT2D eigenvalue weighted by Crippen LogP contribution is 2.32. The number of amides is 1. The van der Waals surface area contributed by atoms with Crippen LogP contribution in [0.3, 0.4) is 0 Å².